The fraction of sp³-hybridized carbons (Fsp3) is 0.667. The van der Waals surface area contributed by atoms with Gasteiger partial charge in [-0.15, -0.1) is 6.58 Å². The van der Waals surface area contributed by atoms with Crippen molar-refractivity contribution in [3.8, 4) is 0 Å². The Morgan fingerprint density at radius 2 is 1.93 bits per heavy atom. The Labute approximate surface area is 94.8 Å². The maximum absolute atomic E-state index is 8.70. The van der Waals surface area contributed by atoms with Crippen molar-refractivity contribution in [2.24, 2.45) is 0 Å². The fourth-order valence-electron chi connectivity index (χ4n) is 0.878. The van der Waals surface area contributed by atoms with Crippen LogP contribution in [0, 0.1) is 0 Å². The molecule has 88 valence electrons. The van der Waals surface area contributed by atoms with Gasteiger partial charge in [0.2, 0.25) is 0 Å². The normalized spacial score (nSPS) is 15.6. The molecular weight excluding hydrogens is 204 g/mol. The van der Waals surface area contributed by atoms with E-state index in [-0.39, 0.29) is 17.7 Å². The summed E-state index contributed by atoms with van der Waals surface area (Å²) in [5.41, 5.74) is 0. The summed E-state index contributed by atoms with van der Waals surface area (Å²) in [5.74, 6) is 0. The van der Waals surface area contributed by atoms with Crippen molar-refractivity contribution >= 4 is 8.32 Å². The van der Waals surface area contributed by atoms with Crippen molar-refractivity contribution in [3.63, 3.8) is 0 Å². The van der Waals surface area contributed by atoms with Gasteiger partial charge in [-0.1, -0.05) is 39.0 Å². The average molecular weight is 228 g/mol. The van der Waals surface area contributed by atoms with E-state index in [1.807, 2.05) is 6.08 Å². The lowest BCUT2D eigenvalue weighted by atomic mass is 10.2. The summed E-state index contributed by atoms with van der Waals surface area (Å²) in [6.07, 6.45) is 5.23. The van der Waals surface area contributed by atoms with Gasteiger partial charge < -0.3 is 9.53 Å². The lowest BCUT2D eigenvalue weighted by molar-refractivity contribution is 0.265. The SMILES string of the molecule is C=C[C@H](C=CCO)O[Si](C)(C)C(C)(C)C. The molecule has 0 fully saturated rings. The molecule has 1 N–H and O–H groups in total. The molecule has 3 heteroatoms. The van der Waals surface area contributed by atoms with Gasteiger partial charge in [0, 0.05) is 0 Å². The molecule has 0 aliphatic carbocycles. The second-order valence-electron chi connectivity index (χ2n) is 5.19. The van der Waals surface area contributed by atoms with Crippen LogP contribution in [-0.2, 0) is 4.43 Å². The Balaban J connectivity index is 4.54. The maximum atomic E-state index is 8.70. The van der Waals surface area contributed by atoms with Crippen LogP contribution in [0.25, 0.3) is 0 Å². The fourth-order valence-corrected chi connectivity index (χ4v) is 2.09. The number of rotatable bonds is 5. The maximum Gasteiger partial charge on any atom is 0.193 e. The molecular formula is C12H24O2Si. The van der Waals surface area contributed by atoms with E-state index in [2.05, 4.69) is 40.4 Å². The quantitative estimate of drug-likeness (QED) is 0.579. The van der Waals surface area contributed by atoms with E-state index in [1.165, 1.54) is 0 Å². The van der Waals surface area contributed by atoms with Gasteiger partial charge in [0.15, 0.2) is 8.32 Å². The third-order valence-corrected chi connectivity index (χ3v) is 7.37. The van der Waals surface area contributed by atoms with E-state index < -0.39 is 8.32 Å². The van der Waals surface area contributed by atoms with Crippen LogP contribution in [0.2, 0.25) is 18.1 Å². The highest BCUT2D eigenvalue weighted by molar-refractivity contribution is 6.74. The molecule has 0 aliphatic rings. The summed E-state index contributed by atoms with van der Waals surface area (Å²) in [6.45, 7) is 14.8. The summed E-state index contributed by atoms with van der Waals surface area (Å²) < 4.78 is 6.08. The first-order valence-electron chi connectivity index (χ1n) is 5.32. The topological polar surface area (TPSA) is 29.5 Å². The van der Waals surface area contributed by atoms with Gasteiger partial charge >= 0.3 is 0 Å². The van der Waals surface area contributed by atoms with E-state index in [1.54, 1.807) is 12.2 Å². The van der Waals surface area contributed by atoms with Gasteiger partial charge in [-0.25, -0.2) is 0 Å². The van der Waals surface area contributed by atoms with Crippen LogP contribution < -0.4 is 0 Å². The Hall–Kier alpha value is -0.383. The van der Waals surface area contributed by atoms with Crippen molar-refractivity contribution in [2.45, 2.75) is 45.0 Å². The molecule has 0 radical (unpaired) electrons. The van der Waals surface area contributed by atoms with Gasteiger partial charge in [-0.2, -0.15) is 0 Å². The minimum Gasteiger partial charge on any atom is -0.407 e. The molecule has 0 aromatic rings. The van der Waals surface area contributed by atoms with E-state index in [4.69, 9.17) is 9.53 Å². The van der Waals surface area contributed by atoms with Crippen molar-refractivity contribution < 1.29 is 9.53 Å². The van der Waals surface area contributed by atoms with Crippen molar-refractivity contribution in [3.05, 3.63) is 24.8 Å². The summed E-state index contributed by atoms with van der Waals surface area (Å²) in [7, 11) is -1.74. The lowest BCUT2D eigenvalue weighted by Crippen LogP contribution is -2.43. The Kier molecular flexibility index (Phi) is 5.49. The molecule has 0 heterocycles. The highest BCUT2D eigenvalue weighted by Crippen LogP contribution is 2.37. The molecule has 0 unspecified atom stereocenters. The summed E-state index contributed by atoms with van der Waals surface area (Å²) in [5, 5.41) is 8.90. The average Bonchev–Trinajstić information content (AvgIpc) is 2.10. The molecule has 0 aliphatic heterocycles. The van der Waals surface area contributed by atoms with Crippen LogP contribution in [0.5, 0.6) is 0 Å². The number of hydrogen-bond acceptors (Lipinski definition) is 2. The van der Waals surface area contributed by atoms with E-state index in [0.29, 0.717) is 0 Å². The van der Waals surface area contributed by atoms with Crippen LogP contribution in [0.15, 0.2) is 24.8 Å². The van der Waals surface area contributed by atoms with Gasteiger partial charge in [-0.05, 0) is 18.1 Å². The second-order valence-corrected chi connectivity index (χ2v) is 9.95. The molecule has 15 heavy (non-hydrogen) atoms. The van der Waals surface area contributed by atoms with Crippen molar-refractivity contribution in [1.82, 2.24) is 0 Å². The first kappa shape index (κ1) is 14.6. The Morgan fingerprint density at radius 1 is 1.40 bits per heavy atom. The molecule has 0 aromatic carbocycles. The highest BCUT2D eigenvalue weighted by atomic mass is 28.4. The van der Waals surface area contributed by atoms with Gasteiger partial charge in [0.25, 0.3) is 0 Å². The third kappa shape index (κ3) is 4.78. The molecule has 0 aromatic heterocycles. The molecule has 0 rings (SSSR count). The molecule has 0 saturated carbocycles. The Morgan fingerprint density at radius 3 is 2.27 bits per heavy atom. The van der Waals surface area contributed by atoms with Crippen LogP contribution in [0.3, 0.4) is 0 Å². The minimum absolute atomic E-state index is 0.0468. The van der Waals surface area contributed by atoms with Crippen molar-refractivity contribution in [2.75, 3.05) is 6.61 Å². The monoisotopic (exact) mass is 228 g/mol. The predicted octanol–water partition coefficient (Wildman–Crippen LogP) is 3.11. The second kappa shape index (κ2) is 5.63. The number of aliphatic hydroxyl groups is 1. The first-order chi connectivity index (χ1) is 6.74. The van der Waals surface area contributed by atoms with Crippen LogP contribution in [0.4, 0.5) is 0 Å². The van der Waals surface area contributed by atoms with Gasteiger partial charge in [0.05, 0.1) is 12.7 Å². The largest absolute Gasteiger partial charge is 0.407 e. The molecule has 0 amide bonds. The van der Waals surface area contributed by atoms with E-state index in [0.717, 1.165) is 0 Å². The molecule has 2 nitrogen and oxygen atoms in total. The lowest BCUT2D eigenvalue weighted by Gasteiger charge is -2.38. The smallest absolute Gasteiger partial charge is 0.193 e. The molecule has 1 atom stereocenters. The standard InChI is InChI=1S/C12H24O2Si/c1-7-11(9-8-10-13)14-15(5,6)12(2,3)4/h7-9,11,13H,1,10H2,2-6H3/t11-/m1/s1. The summed E-state index contributed by atoms with van der Waals surface area (Å²) >= 11 is 0. The highest BCUT2D eigenvalue weighted by Gasteiger charge is 2.38. The summed E-state index contributed by atoms with van der Waals surface area (Å²) in [4.78, 5) is 0. The van der Waals surface area contributed by atoms with Crippen LogP contribution in [-0.4, -0.2) is 26.1 Å². The number of aliphatic hydroxyl groups excluding tert-OH is 1. The zero-order valence-corrected chi connectivity index (χ0v) is 11.6. The summed E-state index contributed by atoms with van der Waals surface area (Å²) in [6, 6.07) is 0. The minimum atomic E-state index is -1.74. The van der Waals surface area contributed by atoms with E-state index >= 15 is 0 Å². The third-order valence-electron chi connectivity index (χ3n) is 2.90. The zero-order chi connectivity index (χ0) is 12.1. The molecule has 0 bridgehead atoms. The first-order valence-corrected chi connectivity index (χ1v) is 8.23. The zero-order valence-electron chi connectivity index (χ0n) is 10.6. The molecule has 0 spiro atoms. The van der Waals surface area contributed by atoms with E-state index in [9.17, 15) is 0 Å². The van der Waals surface area contributed by atoms with Crippen molar-refractivity contribution in [1.29, 1.82) is 0 Å². The van der Waals surface area contributed by atoms with Gasteiger partial charge in [-0.3, -0.25) is 0 Å². The van der Waals surface area contributed by atoms with Crippen LogP contribution >= 0.6 is 0 Å². The Bertz CT molecular complexity index is 226. The van der Waals surface area contributed by atoms with Crippen LogP contribution in [0.1, 0.15) is 20.8 Å². The number of hydrogen-bond donors (Lipinski definition) is 1. The molecule has 0 saturated heterocycles. The van der Waals surface area contributed by atoms with Gasteiger partial charge in [0.1, 0.15) is 0 Å². The predicted molar refractivity (Wildman–Crippen MR) is 68.5 cm³/mol.